The molecule has 1 aromatic rings. The number of ether oxygens (including phenoxy) is 1. The lowest BCUT2D eigenvalue weighted by Crippen LogP contribution is -2.23. The van der Waals surface area contributed by atoms with Gasteiger partial charge in [0.1, 0.15) is 5.75 Å². The zero-order valence-corrected chi connectivity index (χ0v) is 14.4. The van der Waals surface area contributed by atoms with Crippen LogP contribution in [0.1, 0.15) is 57.6 Å². The molecule has 4 heteroatoms. The second-order valence-electron chi connectivity index (χ2n) is 5.73. The highest BCUT2D eigenvalue weighted by Gasteiger charge is 2.23. The molecule has 1 aromatic carbocycles. The Balaban J connectivity index is 2.20. The summed E-state index contributed by atoms with van der Waals surface area (Å²) in [7, 11) is 0. The van der Waals surface area contributed by atoms with E-state index in [-0.39, 0.29) is 6.04 Å². The third-order valence-electron chi connectivity index (χ3n) is 4.22. The van der Waals surface area contributed by atoms with Gasteiger partial charge in [-0.05, 0) is 37.4 Å². The van der Waals surface area contributed by atoms with Gasteiger partial charge in [-0.15, -0.1) is 0 Å². The van der Waals surface area contributed by atoms with E-state index in [9.17, 15) is 0 Å². The molecule has 0 aliphatic heterocycles. The summed E-state index contributed by atoms with van der Waals surface area (Å²) >= 11 is 12.8. The molecule has 0 saturated heterocycles. The van der Waals surface area contributed by atoms with Crippen LogP contribution in [0, 0.1) is 5.92 Å². The molecule has 0 bridgehead atoms. The van der Waals surface area contributed by atoms with Crippen molar-refractivity contribution in [3.8, 4) is 5.75 Å². The smallest absolute Gasteiger partial charge is 0.139 e. The molecule has 0 heterocycles. The molecule has 0 radical (unpaired) electrons. The van der Waals surface area contributed by atoms with Crippen molar-refractivity contribution in [2.45, 2.75) is 52.0 Å². The molecule has 1 N–H and O–H groups in total. The van der Waals surface area contributed by atoms with E-state index in [1.54, 1.807) is 0 Å². The lowest BCUT2D eigenvalue weighted by molar-refractivity contribution is 0.340. The van der Waals surface area contributed by atoms with Crippen LogP contribution in [0.5, 0.6) is 5.75 Å². The summed E-state index contributed by atoms with van der Waals surface area (Å²) < 4.78 is 5.51. The number of rotatable bonds is 7. The van der Waals surface area contributed by atoms with Gasteiger partial charge in [0.2, 0.25) is 0 Å². The molecular formula is C17H25Cl2NO. The van der Waals surface area contributed by atoms with Crippen LogP contribution in [0.15, 0.2) is 12.1 Å². The van der Waals surface area contributed by atoms with Gasteiger partial charge in [0.25, 0.3) is 0 Å². The molecule has 1 fully saturated rings. The highest BCUT2D eigenvalue weighted by Crippen LogP contribution is 2.38. The van der Waals surface area contributed by atoms with Crippen molar-refractivity contribution in [3.63, 3.8) is 0 Å². The number of hydrogen-bond donors (Lipinski definition) is 1. The van der Waals surface area contributed by atoms with E-state index in [4.69, 9.17) is 27.9 Å². The fraction of sp³-hybridized carbons (Fsp3) is 0.647. The van der Waals surface area contributed by atoms with Gasteiger partial charge in [0.05, 0.1) is 11.6 Å². The van der Waals surface area contributed by atoms with Crippen molar-refractivity contribution in [3.05, 3.63) is 27.7 Å². The van der Waals surface area contributed by atoms with Crippen LogP contribution >= 0.6 is 23.2 Å². The summed E-state index contributed by atoms with van der Waals surface area (Å²) in [6.07, 6.45) is 6.54. The number of benzene rings is 1. The Morgan fingerprint density at radius 2 is 1.90 bits per heavy atom. The van der Waals surface area contributed by atoms with Crippen molar-refractivity contribution in [1.82, 2.24) is 5.32 Å². The Hall–Kier alpha value is -0.440. The van der Waals surface area contributed by atoms with E-state index in [1.807, 2.05) is 19.1 Å². The molecular weight excluding hydrogens is 305 g/mol. The highest BCUT2D eigenvalue weighted by molar-refractivity contribution is 6.34. The van der Waals surface area contributed by atoms with Gasteiger partial charge in [-0.3, -0.25) is 0 Å². The molecule has 0 amide bonds. The first-order valence-electron chi connectivity index (χ1n) is 8.00. The molecule has 2 nitrogen and oxygen atoms in total. The molecule has 1 saturated carbocycles. The fourth-order valence-electron chi connectivity index (χ4n) is 3.22. The van der Waals surface area contributed by atoms with Crippen LogP contribution in [-0.2, 0) is 0 Å². The zero-order chi connectivity index (χ0) is 15.2. The maximum atomic E-state index is 6.47. The molecule has 1 atom stereocenters. The van der Waals surface area contributed by atoms with Crippen LogP contribution in [0.4, 0.5) is 0 Å². The first-order valence-corrected chi connectivity index (χ1v) is 8.76. The van der Waals surface area contributed by atoms with Gasteiger partial charge in [0.15, 0.2) is 0 Å². The zero-order valence-electron chi connectivity index (χ0n) is 12.9. The summed E-state index contributed by atoms with van der Waals surface area (Å²) in [5, 5.41) is 4.95. The quantitative estimate of drug-likeness (QED) is 0.700. The van der Waals surface area contributed by atoms with Crippen molar-refractivity contribution in [2.75, 3.05) is 13.2 Å². The van der Waals surface area contributed by atoms with Crippen LogP contribution in [0.2, 0.25) is 10.0 Å². The normalized spacial score (nSPS) is 17.1. The second kappa shape index (κ2) is 8.26. The fourth-order valence-corrected chi connectivity index (χ4v) is 3.74. The van der Waals surface area contributed by atoms with Crippen molar-refractivity contribution >= 4 is 23.2 Å². The minimum Gasteiger partial charge on any atom is -0.492 e. The van der Waals surface area contributed by atoms with Gasteiger partial charge >= 0.3 is 0 Å². The number of hydrogen-bond acceptors (Lipinski definition) is 2. The topological polar surface area (TPSA) is 21.3 Å². The summed E-state index contributed by atoms with van der Waals surface area (Å²) in [5.74, 6) is 1.47. The van der Waals surface area contributed by atoms with Crippen LogP contribution in [-0.4, -0.2) is 13.2 Å². The number of nitrogens with one attached hydrogen (secondary N) is 1. The van der Waals surface area contributed by atoms with E-state index in [2.05, 4.69) is 12.2 Å². The second-order valence-corrected chi connectivity index (χ2v) is 6.55. The minimum atomic E-state index is 0.277. The highest BCUT2D eigenvalue weighted by atomic mass is 35.5. The molecule has 1 aliphatic rings. The van der Waals surface area contributed by atoms with E-state index in [0.717, 1.165) is 29.5 Å². The van der Waals surface area contributed by atoms with Gasteiger partial charge in [-0.25, -0.2) is 0 Å². The molecule has 2 rings (SSSR count). The average molecular weight is 330 g/mol. The summed E-state index contributed by atoms with van der Waals surface area (Å²) in [4.78, 5) is 0. The minimum absolute atomic E-state index is 0.277. The molecule has 1 aliphatic carbocycles. The molecule has 1 unspecified atom stereocenters. The third-order valence-corrected chi connectivity index (χ3v) is 4.84. The van der Waals surface area contributed by atoms with Crippen LogP contribution in [0.25, 0.3) is 0 Å². The van der Waals surface area contributed by atoms with Crippen molar-refractivity contribution < 1.29 is 4.74 Å². The molecule has 0 aromatic heterocycles. The van der Waals surface area contributed by atoms with E-state index < -0.39 is 0 Å². The predicted octanol–water partition coefficient (Wildman–Crippen LogP) is 5.62. The largest absolute Gasteiger partial charge is 0.492 e. The number of halogens is 2. The van der Waals surface area contributed by atoms with Gasteiger partial charge in [-0.2, -0.15) is 0 Å². The third kappa shape index (κ3) is 4.51. The Kier molecular flexibility index (Phi) is 6.66. The van der Waals surface area contributed by atoms with Gasteiger partial charge in [-0.1, -0.05) is 55.8 Å². The van der Waals surface area contributed by atoms with Crippen molar-refractivity contribution in [1.29, 1.82) is 0 Å². The first-order chi connectivity index (χ1) is 10.2. The summed E-state index contributed by atoms with van der Waals surface area (Å²) in [6, 6.07) is 4.09. The lowest BCUT2D eigenvalue weighted by Gasteiger charge is -2.23. The van der Waals surface area contributed by atoms with E-state index in [1.165, 1.54) is 25.7 Å². The molecule has 21 heavy (non-hydrogen) atoms. The molecule has 118 valence electrons. The summed E-state index contributed by atoms with van der Waals surface area (Å²) in [5.41, 5.74) is 1.10. The Morgan fingerprint density at radius 1 is 1.19 bits per heavy atom. The van der Waals surface area contributed by atoms with Gasteiger partial charge in [0, 0.05) is 17.1 Å². The van der Waals surface area contributed by atoms with Gasteiger partial charge < -0.3 is 10.1 Å². The Morgan fingerprint density at radius 3 is 2.52 bits per heavy atom. The Bertz CT molecular complexity index is 458. The monoisotopic (exact) mass is 329 g/mol. The van der Waals surface area contributed by atoms with Crippen LogP contribution < -0.4 is 10.1 Å². The van der Waals surface area contributed by atoms with E-state index in [0.29, 0.717) is 17.4 Å². The lowest BCUT2D eigenvalue weighted by atomic mass is 9.93. The SMILES string of the molecule is CCNC(CC1CCCC1)c1cc(Cl)c(OCC)cc1Cl. The standard InChI is InChI=1S/C17H25Cl2NO/c1-3-20-16(9-12-7-5-6-8-12)13-10-15(19)17(21-4-2)11-14(13)18/h10-12,16,20H,3-9H2,1-2H3. The summed E-state index contributed by atoms with van der Waals surface area (Å²) in [6.45, 7) is 5.60. The van der Waals surface area contributed by atoms with Crippen molar-refractivity contribution in [2.24, 2.45) is 5.92 Å². The predicted molar refractivity (Wildman–Crippen MR) is 90.6 cm³/mol. The molecule has 0 spiro atoms. The Labute approximate surface area is 138 Å². The van der Waals surface area contributed by atoms with E-state index >= 15 is 0 Å². The van der Waals surface area contributed by atoms with Crippen LogP contribution in [0.3, 0.4) is 0 Å². The maximum absolute atomic E-state index is 6.47. The average Bonchev–Trinajstić information content (AvgIpc) is 2.95. The first kappa shape index (κ1) is 16.9. The maximum Gasteiger partial charge on any atom is 0.139 e.